The molecule has 0 aliphatic carbocycles. The van der Waals surface area contributed by atoms with E-state index in [2.05, 4.69) is 17.2 Å². The number of rotatable bonds is 3. The standard InChI is InChI=1S/C11H9F3N2O2/c1-2-3-6-15-8-4-5-10(16(17)18)9(7-8)11(12,13)14/h4-5,7,15H,6H2,1H3. The van der Waals surface area contributed by atoms with E-state index in [-0.39, 0.29) is 12.2 Å². The number of anilines is 1. The highest BCUT2D eigenvalue weighted by Crippen LogP contribution is 2.37. The number of benzene rings is 1. The van der Waals surface area contributed by atoms with E-state index in [4.69, 9.17) is 0 Å². The molecule has 4 nitrogen and oxygen atoms in total. The van der Waals surface area contributed by atoms with Gasteiger partial charge in [0.2, 0.25) is 0 Å². The molecule has 1 aromatic rings. The third-order valence-corrected chi connectivity index (χ3v) is 2.06. The fraction of sp³-hybridized carbons (Fsp3) is 0.273. The van der Waals surface area contributed by atoms with E-state index in [9.17, 15) is 23.3 Å². The molecule has 7 heteroatoms. The van der Waals surface area contributed by atoms with Crippen molar-refractivity contribution < 1.29 is 18.1 Å². The van der Waals surface area contributed by atoms with Gasteiger partial charge in [0.1, 0.15) is 5.56 Å². The van der Waals surface area contributed by atoms with Gasteiger partial charge < -0.3 is 5.32 Å². The van der Waals surface area contributed by atoms with Gasteiger partial charge in [-0.2, -0.15) is 13.2 Å². The number of hydrogen-bond donors (Lipinski definition) is 1. The van der Waals surface area contributed by atoms with Crippen LogP contribution in [-0.4, -0.2) is 11.5 Å². The first-order valence-corrected chi connectivity index (χ1v) is 4.85. The molecule has 0 amide bonds. The molecule has 0 bridgehead atoms. The van der Waals surface area contributed by atoms with Gasteiger partial charge in [0.25, 0.3) is 5.69 Å². The highest BCUT2D eigenvalue weighted by atomic mass is 19.4. The summed E-state index contributed by atoms with van der Waals surface area (Å²) in [4.78, 5) is 9.45. The summed E-state index contributed by atoms with van der Waals surface area (Å²) in [5.74, 6) is 5.19. The monoisotopic (exact) mass is 258 g/mol. The van der Waals surface area contributed by atoms with Gasteiger partial charge in [0, 0.05) is 11.8 Å². The molecule has 0 aliphatic heterocycles. The Morgan fingerprint density at radius 1 is 1.44 bits per heavy atom. The van der Waals surface area contributed by atoms with Gasteiger partial charge in [0.15, 0.2) is 0 Å². The van der Waals surface area contributed by atoms with Crippen molar-refractivity contribution in [3.8, 4) is 11.8 Å². The van der Waals surface area contributed by atoms with E-state index in [1.165, 1.54) is 6.07 Å². The Labute approximate surface area is 101 Å². The summed E-state index contributed by atoms with van der Waals surface area (Å²) in [7, 11) is 0. The Morgan fingerprint density at radius 2 is 2.11 bits per heavy atom. The van der Waals surface area contributed by atoms with Crippen molar-refractivity contribution in [2.24, 2.45) is 0 Å². The van der Waals surface area contributed by atoms with Crippen molar-refractivity contribution in [1.29, 1.82) is 0 Å². The topological polar surface area (TPSA) is 55.2 Å². The summed E-state index contributed by atoms with van der Waals surface area (Å²) in [5, 5.41) is 13.1. The summed E-state index contributed by atoms with van der Waals surface area (Å²) < 4.78 is 37.9. The van der Waals surface area contributed by atoms with E-state index in [0.717, 1.165) is 6.07 Å². The first kappa shape index (κ1) is 13.8. The number of halogens is 3. The molecule has 96 valence electrons. The van der Waals surface area contributed by atoms with Gasteiger partial charge in [-0.1, -0.05) is 5.92 Å². The summed E-state index contributed by atoms with van der Waals surface area (Å²) in [5.41, 5.74) is -2.10. The molecule has 0 saturated heterocycles. The van der Waals surface area contributed by atoms with Crippen molar-refractivity contribution in [3.63, 3.8) is 0 Å². The minimum Gasteiger partial charge on any atom is -0.374 e. The number of nitrogens with one attached hydrogen (secondary N) is 1. The maximum atomic E-state index is 12.6. The molecule has 0 spiro atoms. The second-order valence-corrected chi connectivity index (χ2v) is 3.27. The van der Waals surface area contributed by atoms with Gasteiger partial charge >= 0.3 is 6.18 Å². The van der Waals surface area contributed by atoms with Crippen LogP contribution >= 0.6 is 0 Å². The van der Waals surface area contributed by atoms with Crippen LogP contribution in [0, 0.1) is 22.0 Å². The van der Waals surface area contributed by atoms with Crippen LogP contribution in [0.25, 0.3) is 0 Å². The Kier molecular flexibility index (Phi) is 4.15. The molecule has 0 aromatic heterocycles. The maximum absolute atomic E-state index is 12.6. The Hall–Kier alpha value is -2.23. The highest BCUT2D eigenvalue weighted by molar-refractivity contribution is 5.55. The van der Waals surface area contributed by atoms with Crippen LogP contribution in [-0.2, 0) is 6.18 Å². The Bertz CT molecular complexity index is 515. The van der Waals surface area contributed by atoms with E-state index in [1.807, 2.05) is 0 Å². The number of nitrogens with zero attached hydrogens (tertiary/aromatic N) is 1. The quantitative estimate of drug-likeness (QED) is 0.515. The van der Waals surface area contributed by atoms with E-state index in [1.54, 1.807) is 6.92 Å². The predicted octanol–water partition coefficient (Wildman–Crippen LogP) is 3.05. The summed E-state index contributed by atoms with van der Waals surface area (Å²) >= 11 is 0. The van der Waals surface area contributed by atoms with Crippen molar-refractivity contribution in [3.05, 3.63) is 33.9 Å². The first-order valence-electron chi connectivity index (χ1n) is 4.85. The highest BCUT2D eigenvalue weighted by Gasteiger charge is 2.38. The largest absolute Gasteiger partial charge is 0.423 e. The van der Waals surface area contributed by atoms with E-state index in [0.29, 0.717) is 6.07 Å². The minimum absolute atomic E-state index is 0.135. The van der Waals surface area contributed by atoms with Crippen molar-refractivity contribution in [2.75, 3.05) is 11.9 Å². The third-order valence-electron chi connectivity index (χ3n) is 2.06. The average Bonchev–Trinajstić information content (AvgIpc) is 2.28. The molecule has 0 saturated carbocycles. The smallest absolute Gasteiger partial charge is 0.374 e. The number of nitro benzene ring substituents is 1. The maximum Gasteiger partial charge on any atom is 0.423 e. The zero-order chi connectivity index (χ0) is 13.8. The fourth-order valence-electron chi connectivity index (χ4n) is 1.27. The molecule has 1 rings (SSSR count). The molecule has 1 aromatic carbocycles. The SMILES string of the molecule is CC#CCNc1ccc([N+](=O)[O-])c(C(F)(F)F)c1. The number of nitro groups is 1. The van der Waals surface area contributed by atoms with Crippen LogP contribution in [0.1, 0.15) is 12.5 Å². The average molecular weight is 258 g/mol. The van der Waals surface area contributed by atoms with Crippen molar-refractivity contribution >= 4 is 11.4 Å². The molecule has 0 atom stereocenters. The van der Waals surface area contributed by atoms with Crippen LogP contribution < -0.4 is 5.32 Å². The molecule has 0 radical (unpaired) electrons. The van der Waals surface area contributed by atoms with Crippen molar-refractivity contribution in [1.82, 2.24) is 0 Å². The summed E-state index contributed by atoms with van der Waals surface area (Å²) in [6.45, 7) is 1.77. The molecule has 0 unspecified atom stereocenters. The predicted molar refractivity (Wildman–Crippen MR) is 60.0 cm³/mol. The number of alkyl halides is 3. The number of hydrogen-bond acceptors (Lipinski definition) is 3. The lowest BCUT2D eigenvalue weighted by molar-refractivity contribution is -0.388. The van der Waals surface area contributed by atoms with Crippen LogP contribution in [0.3, 0.4) is 0 Å². The molecule has 0 heterocycles. The van der Waals surface area contributed by atoms with Crippen LogP contribution in [0.5, 0.6) is 0 Å². The minimum atomic E-state index is -4.77. The first-order chi connectivity index (χ1) is 8.36. The van der Waals surface area contributed by atoms with Crippen LogP contribution in [0.15, 0.2) is 18.2 Å². The Morgan fingerprint density at radius 3 is 2.61 bits per heavy atom. The molecule has 0 fully saturated rings. The van der Waals surface area contributed by atoms with Gasteiger partial charge in [-0.3, -0.25) is 10.1 Å². The molecular formula is C11H9F3N2O2. The lowest BCUT2D eigenvalue weighted by Gasteiger charge is -2.09. The van der Waals surface area contributed by atoms with E-state index >= 15 is 0 Å². The van der Waals surface area contributed by atoms with Crippen LogP contribution in [0.4, 0.5) is 24.5 Å². The normalized spacial score (nSPS) is 10.4. The van der Waals surface area contributed by atoms with Gasteiger partial charge in [0.05, 0.1) is 11.5 Å². The summed E-state index contributed by atoms with van der Waals surface area (Å²) in [6.07, 6.45) is -4.77. The second kappa shape index (κ2) is 5.40. The molecule has 0 aliphatic rings. The van der Waals surface area contributed by atoms with Gasteiger partial charge in [-0.05, 0) is 19.1 Å². The van der Waals surface area contributed by atoms with E-state index < -0.39 is 22.4 Å². The molecule has 18 heavy (non-hydrogen) atoms. The fourth-order valence-corrected chi connectivity index (χ4v) is 1.27. The lowest BCUT2D eigenvalue weighted by atomic mass is 10.1. The molecule has 1 N–H and O–H groups in total. The summed E-state index contributed by atoms with van der Waals surface area (Å²) in [6, 6.07) is 2.74. The van der Waals surface area contributed by atoms with Crippen molar-refractivity contribution in [2.45, 2.75) is 13.1 Å². The zero-order valence-corrected chi connectivity index (χ0v) is 9.34. The third kappa shape index (κ3) is 3.38. The Balaban J connectivity index is 3.12. The van der Waals surface area contributed by atoms with Crippen LogP contribution in [0.2, 0.25) is 0 Å². The van der Waals surface area contributed by atoms with Gasteiger partial charge in [-0.15, -0.1) is 5.92 Å². The zero-order valence-electron chi connectivity index (χ0n) is 9.34. The van der Waals surface area contributed by atoms with Gasteiger partial charge in [-0.25, -0.2) is 0 Å². The second-order valence-electron chi connectivity index (χ2n) is 3.27. The lowest BCUT2D eigenvalue weighted by Crippen LogP contribution is -2.10. The molecular weight excluding hydrogens is 249 g/mol.